The first-order chi connectivity index (χ1) is 16.5. The van der Waals surface area contributed by atoms with Gasteiger partial charge in [0.05, 0.1) is 24.7 Å². The molecule has 2 N–H and O–H groups in total. The number of hydrogen-bond donors (Lipinski definition) is 2. The number of fused-ring (bicyclic) bond motifs is 3. The summed E-state index contributed by atoms with van der Waals surface area (Å²) in [7, 11) is -2.07. The number of ether oxygens (including phenoxy) is 2. The topological polar surface area (TPSA) is 76.7 Å². The molecule has 0 saturated heterocycles. The van der Waals surface area contributed by atoms with Gasteiger partial charge in [-0.15, -0.1) is 0 Å². The molecule has 176 valence electrons. The second kappa shape index (κ2) is 9.06. The van der Waals surface area contributed by atoms with Crippen molar-refractivity contribution in [2.24, 2.45) is 5.92 Å². The molecular weight excluding hydrogens is 448 g/mol. The molecule has 3 aromatic rings. The van der Waals surface area contributed by atoms with Crippen LogP contribution in [0.3, 0.4) is 0 Å². The maximum absolute atomic E-state index is 13.1. The maximum atomic E-state index is 13.1. The van der Waals surface area contributed by atoms with Gasteiger partial charge in [0, 0.05) is 17.3 Å². The molecule has 0 fully saturated rings. The van der Waals surface area contributed by atoms with Crippen molar-refractivity contribution < 1.29 is 17.9 Å². The van der Waals surface area contributed by atoms with Crippen LogP contribution in [-0.2, 0) is 10.0 Å². The fraction of sp³-hybridized carbons (Fsp3) is 0.259. The highest BCUT2D eigenvalue weighted by Gasteiger charge is 2.38. The molecule has 2 aliphatic rings. The summed E-state index contributed by atoms with van der Waals surface area (Å²) < 4.78 is 39.7. The maximum Gasteiger partial charge on any atom is 0.261 e. The first kappa shape index (κ1) is 22.3. The van der Waals surface area contributed by atoms with E-state index >= 15 is 0 Å². The number of hydrogen-bond acceptors (Lipinski definition) is 5. The van der Waals surface area contributed by atoms with E-state index in [1.165, 1.54) is 5.56 Å². The van der Waals surface area contributed by atoms with E-state index in [9.17, 15) is 8.42 Å². The Labute approximate surface area is 200 Å². The van der Waals surface area contributed by atoms with Gasteiger partial charge in [-0.3, -0.25) is 4.72 Å². The van der Waals surface area contributed by atoms with E-state index in [0.717, 1.165) is 23.4 Å². The van der Waals surface area contributed by atoms with Crippen molar-refractivity contribution in [2.75, 3.05) is 23.8 Å². The third kappa shape index (κ3) is 4.23. The standard InChI is InChI=1S/C27H28N2O4S/c1-3-33-21-13-9-19(10-14-21)29-34(30,31)22-15-16-26-25(17-22)23-5-4-6-24(23)27(28-26)18-7-11-20(32-2)12-8-18/h4-5,7-17,23-24,27-29H,3,6H2,1-2H3/t23-,24+,27+/m0/s1. The van der Waals surface area contributed by atoms with Crippen LogP contribution in [0.1, 0.15) is 36.4 Å². The van der Waals surface area contributed by atoms with Gasteiger partial charge in [-0.05, 0) is 85.0 Å². The number of methoxy groups -OCH3 is 1. The lowest BCUT2D eigenvalue weighted by molar-refractivity contribution is 0.340. The van der Waals surface area contributed by atoms with Crippen LogP contribution in [0.4, 0.5) is 11.4 Å². The van der Waals surface area contributed by atoms with Crippen LogP contribution in [0, 0.1) is 5.92 Å². The van der Waals surface area contributed by atoms with Crippen LogP contribution in [0.25, 0.3) is 0 Å². The monoisotopic (exact) mass is 476 g/mol. The van der Waals surface area contributed by atoms with Crippen molar-refractivity contribution in [2.45, 2.75) is 30.2 Å². The minimum atomic E-state index is -3.73. The van der Waals surface area contributed by atoms with E-state index in [0.29, 0.717) is 24.0 Å². The molecule has 3 atom stereocenters. The average molecular weight is 477 g/mol. The number of nitrogens with one attached hydrogen (secondary N) is 2. The summed E-state index contributed by atoms with van der Waals surface area (Å²) in [5.74, 6) is 2.01. The van der Waals surface area contributed by atoms with Crippen LogP contribution in [0.5, 0.6) is 11.5 Å². The molecule has 5 rings (SSSR count). The highest BCUT2D eigenvalue weighted by molar-refractivity contribution is 7.92. The summed E-state index contributed by atoms with van der Waals surface area (Å²) >= 11 is 0. The molecule has 1 aliphatic carbocycles. The lowest BCUT2D eigenvalue weighted by Crippen LogP contribution is -2.29. The highest BCUT2D eigenvalue weighted by Crippen LogP contribution is 2.50. The fourth-order valence-corrected chi connectivity index (χ4v) is 5.97. The Hall–Kier alpha value is -3.45. The van der Waals surface area contributed by atoms with Crippen LogP contribution in [0.2, 0.25) is 0 Å². The SMILES string of the molecule is CCOc1ccc(NS(=O)(=O)c2ccc3c(c2)[C@H]2C=CC[C@H]2[C@@H](c2ccc(OC)cc2)N3)cc1. The zero-order valence-corrected chi connectivity index (χ0v) is 20.0. The first-order valence-corrected chi connectivity index (χ1v) is 12.9. The van der Waals surface area contributed by atoms with Gasteiger partial charge in [-0.25, -0.2) is 8.42 Å². The van der Waals surface area contributed by atoms with Crippen LogP contribution < -0.4 is 19.5 Å². The molecule has 0 bridgehead atoms. The molecule has 1 aliphatic heterocycles. The summed E-state index contributed by atoms with van der Waals surface area (Å²) in [4.78, 5) is 0.254. The Morgan fingerprint density at radius 3 is 2.44 bits per heavy atom. The van der Waals surface area contributed by atoms with E-state index in [1.54, 1.807) is 43.5 Å². The first-order valence-electron chi connectivity index (χ1n) is 11.5. The molecule has 34 heavy (non-hydrogen) atoms. The number of benzene rings is 3. The van der Waals surface area contributed by atoms with Crippen molar-refractivity contribution in [3.8, 4) is 11.5 Å². The number of allylic oxidation sites excluding steroid dienone is 2. The Kier molecular flexibility index (Phi) is 5.96. The average Bonchev–Trinajstić information content (AvgIpc) is 3.35. The zero-order valence-electron chi connectivity index (χ0n) is 19.2. The Balaban J connectivity index is 1.42. The summed E-state index contributed by atoms with van der Waals surface area (Å²) in [6.07, 6.45) is 5.34. The highest BCUT2D eigenvalue weighted by atomic mass is 32.2. The molecule has 0 aromatic heterocycles. The minimum absolute atomic E-state index is 0.142. The molecule has 0 amide bonds. The molecule has 7 heteroatoms. The summed E-state index contributed by atoms with van der Waals surface area (Å²) in [6, 6.07) is 20.5. The summed E-state index contributed by atoms with van der Waals surface area (Å²) in [5, 5.41) is 3.66. The third-order valence-corrected chi connectivity index (χ3v) is 7.92. The van der Waals surface area contributed by atoms with E-state index in [2.05, 4.69) is 34.3 Å². The van der Waals surface area contributed by atoms with Crippen molar-refractivity contribution in [3.63, 3.8) is 0 Å². The number of rotatable bonds is 7. The van der Waals surface area contributed by atoms with E-state index < -0.39 is 10.0 Å². The molecule has 0 radical (unpaired) electrons. The van der Waals surface area contributed by atoms with E-state index in [-0.39, 0.29) is 16.9 Å². The lowest BCUT2D eigenvalue weighted by Gasteiger charge is -2.37. The molecule has 6 nitrogen and oxygen atoms in total. The van der Waals surface area contributed by atoms with Gasteiger partial charge >= 0.3 is 0 Å². The smallest absolute Gasteiger partial charge is 0.261 e. The summed E-state index contributed by atoms with van der Waals surface area (Å²) in [6.45, 7) is 2.47. The molecule has 3 aromatic carbocycles. The normalized spacial score (nSPS) is 20.7. The molecule has 0 spiro atoms. The van der Waals surface area contributed by atoms with Gasteiger partial charge in [-0.2, -0.15) is 0 Å². The van der Waals surface area contributed by atoms with Gasteiger partial charge in [0.2, 0.25) is 0 Å². The molecule has 0 unspecified atom stereocenters. The van der Waals surface area contributed by atoms with Crippen molar-refractivity contribution in [3.05, 3.63) is 90.0 Å². The Morgan fingerprint density at radius 1 is 1.00 bits per heavy atom. The van der Waals surface area contributed by atoms with Crippen LogP contribution >= 0.6 is 0 Å². The van der Waals surface area contributed by atoms with Crippen molar-refractivity contribution in [1.82, 2.24) is 0 Å². The Bertz CT molecular complexity index is 1300. The van der Waals surface area contributed by atoms with E-state index in [1.807, 2.05) is 25.1 Å². The summed E-state index contributed by atoms with van der Waals surface area (Å²) in [5.41, 5.74) is 3.67. The predicted octanol–water partition coefficient (Wildman–Crippen LogP) is 5.72. The van der Waals surface area contributed by atoms with Gasteiger partial charge < -0.3 is 14.8 Å². The minimum Gasteiger partial charge on any atom is -0.497 e. The van der Waals surface area contributed by atoms with Gasteiger partial charge in [0.25, 0.3) is 10.0 Å². The van der Waals surface area contributed by atoms with Crippen LogP contribution in [-0.4, -0.2) is 22.1 Å². The second-order valence-corrected chi connectivity index (χ2v) is 10.2. The zero-order chi connectivity index (χ0) is 23.7. The second-order valence-electron chi connectivity index (χ2n) is 8.56. The van der Waals surface area contributed by atoms with Gasteiger partial charge in [-0.1, -0.05) is 24.3 Å². The fourth-order valence-electron chi connectivity index (χ4n) is 4.88. The van der Waals surface area contributed by atoms with E-state index in [4.69, 9.17) is 9.47 Å². The largest absolute Gasteiger partial charge is 0.497 e. The third-order valence-electron chi connectivity index (χ3n) is 6.54. The molecule has 0 saturated carbocycles. The van der Waals surface area contributed by atoms with Gasteiger partial charge in [0.1, 0.15) is 11.5 Å². The van der Waals surface area contributed by atoms with Crippen LogP contribution in [0.15, 0.2) is 83.8 Å². The Morgan fingerprint density at radius 2 is 1.74 bits per heavy atom. The molecular formula is C27H28N2O4S. The lowest BCUT2D eigenvalue weighted by atomic mass is 9.77. The quantitative estimate of drug-likeness (QED) is 0.427. The van der Waals surface area contributed by atoms with Crippen molar-refractivity contribution >= 4 is 21.4 Å². The number of anilines is 2. The number of sulfonamides is 1. The van der Waals surface area contributed by atoms with Gasteiger partial charge in [0.15, 0.2) is 0 Å². The van der Waals surface area contributed by atoms with Crippen molar-refractivity contribution in [1.29, 1.82) is 0 Å². The molecule has 1 heterocycles. The predicted molar refractivity (Wildman–Crippen MR) is 134 cm³/mol.